The van der Waals surface area contributed by atoms with Crippen LogP contribution in [0.5, 0.6) is 11.5 Å². The monoisotopic (exact) mass is 339 g/mol. The van der Waals surface area contributed by atoms with Gasteiger partial charge in [-0.15, -0.1) is 0 Å². The smallest absolute Gasteiger partial charge is 0.358 e. The van der Waals surface area contributed by atoms with Crippen molar-refractivity contribution in [1.82, 2.24) is 5.16 Å². The molecule has 6 nitrogen and oxygen atoms in total. The Morgan fingerprint density at radius 2 is 2.10 bits per heavy atom. The second-order valence-corrected chi connectivity index (χ2v) is 5.12. The highest BCUT2D eigenvalue weighted by atomic mass is 79.9. The summed E-state index contributed by atoms with van der Waals surface area (Å²) in [5.41, 5.74) is 1.37. The molecule has 0 saturated carbocycles. The van der Waals surface area contributed by atoms with E-state index >= 15 is 0 Å². The highest BCUT2D eigenvalue weighted by Gasteiger charge is 2.23. The van der Waals surface area contributed by atoms with Gasteiger partial charge in [-0.05, 0) is 28.9 Å². The number of halogens is 1. The first kappa shape index (κ1) is 13.0. The van der Waals surface area contributed by atoms with Crippen molar-refractivity contribution < 1.29 is 23.9 Å². The lowest BCUT2D eigenvalue weighted by atomic mass is 10.0. The number of aromatic nitrogens is 1. The molecule has 1 aliphatic rings. The number of fused-ring (bicyclic) bond motifs is 1. The maximum absolute atomic E-state index is 10.9. The molecule has 0 fully saturated rings. The molecule has 0 saturated heterocycles. The van der Waals surface area contributed by atoms with E-state index in [2.05, 4.69) is 21.1 Å². The summed E-state index contributed by atoms with van der Waals surface area (Å²) in [6, 6.07) is 3.16. The summed E-state index contributed by atoms with van der Waals surface area (Å²) in [5.74, 6) is 0.528. The number of aromatic carboxylic acids is 1. The van der Waals surface area contributed by atoms with E-state index in [1.165, 1.54) is 6.07 Å². The summed E-state index contributed by atoms with van der Waals surface area (Å²) in [7, 11) is 0. The number of carboxylic acid groups (broad SMARTS) is 1. The van der Waals surface area contributed by atoms with E-state index in [9.17, 15) is 4.79 Å². The number of hydrogen-bond acceptors (Lipinski definition) is 5. The minimum absolute atomic E-state index is 0.138. The zero-order valence-electron chi connectivity index (χ0n) is 10.5. The second kappa shape index (κ2) is 4.82. The molecular formula is C13H10BrNO5. The van der Waals surface area contributed by atoms with Crippen molar-refractivity contribution in [2.45, 2.75) is 6.92 Å². The molecule has 7 heteroatoms. The van der Waals surface area contributed by atoms with E-state index in [1.54, 1.807) is 6.07 Å². The largest absolute Gasteiger partial charge is 0.486 e. The van der Waals surface area contributed by atoms with Crippen molar-refractivity contribution in [2.75, 3.05) is 13.2 Å². The average molecular weight is 340 g/mol. The topological polar surface area (TPSA) is 81.8 Å². The van der Waals surface area contributed by atoms with Gasteiger partial charge in [0.1, 0.15) is 13.2 Å². The zero-order chi connectivity index (χ0) is 14.3. The number of benzene rings is 1. The number of rotatable bonds is 2. The van der Waals surface area contributed by atoms with Crippen LogP contribution in [0.3, 0.4) is 0 Å². The highest BCUT2D eigenvalue weighted by molar-refractivity contribution is 9.10. The fourth-order valence-electron chi connectivity index (χ4n) is 2.11. The van der Waals surface area contributed by atoms with Crippen molar-refractivity contribution in [3.05, 3.63) is 27.9 Å². The predicted molar refractivity (Wildman–Crippen MR) is 72.3 cm³/mol. The van der Waals surface area contributed by atoms with Crippen molar-refractivity contribution in [1.29, 1.82) is 0 Å². The Morgan fingerprint density at radius 1 is 1.35 bits per heavy atom. The fourth-order valence-corrected chi connectivity index (χ4v) is 2.81. The molecule has 1 aliphatic heterocycles. The number of carboxylic acids is 1. The molecule has 0 spiro atoms. The molecule has 2 heterocycles. The van der Waals surface area contributed by atoms with Crippen LogP contribution in [0, 0.1) is 6.92 Å². The Hall–Kier alpha value is -2.02. The van der Waals surface area contributed by atoms with Crippen LogP contribution in [0.4, 0.5) is 0 Å². The van der Waals surface area contributed by atoms with Crippen LogP contribution in [-0.4, -0.2) is 29.4 Å². The number of nitrogens with zero attached hydrogens (tertiary/aromatic N) is 1. The second-order valence-electron chi connectivity index (χ2n) is 4.26. The van der Waals surface area contributed by atoms with Crippen LogP contribution in [0.1, 0.15) is 16.1 Å². The van der Waals surface area contributed by atoms with Crippen molar-refractivity contribution >= 4 is 21.9 Å². The maximum atomic E-state index is 10.9. The molecule has 0 atom stereocenters. The number of ether oxygens (including phenoxy) is 2. The lowest BCUT2D eigenvalue weighted by molar-refractivity contribution is 0.0686. The van der Waals surface area contributed by atoms with Gasteiger partial charge in [-0.2, -0.15) is 0 Å². The first-order valence-corrected chi connectivity index (χ1v) is 6.66. The number of hydrogen-bond donors (Lipinski definition) is 1. The van der Waals surface area contributed by atoms with Gasteiger partial charge in [0.2, 0.25) is 0 Å². The quantitative estimate of drug-likeness (QED) is 0.905. The standard InChI is InChI=1S/C13H10BrNO5/c1-6-11(9-5-8(13(16)17)15-20-9)7(14)4-10-12(6)19-3-2-18-10/h4-5H,2-3H2,1H3,(H,16,17). The van der Waals surface area contributed by atoms with Gasteiger partial charge >= 0.3 is 5.97 Å². The van der Waals surface area contributed by atoms with Gasteiger partial charge in [0.05, 0.1) is 0 Å². The van der Waals surface area contributed by atoms with Gasteiger partial charge in [0.15, 0.2) is 23.0 Å². The summed E-state index contributed by atoms with van der Waals surface area (Å²) in [4.78, 5) is 10.9. The SMILES string of the molecule is Cc1c2c(cc(Br)c1-c1cc(C(=O)O)no1)OCCO2. The third-order valence-corrected chi connectivity index (χ3v) is 3.62. The van der Waals surface area contributed by atoms with Crippen LogP contribution < -0.4 is 9.47 Å². The van der Waals surface area contributed by atoms with Gasteiger partial charge in [0.25, 0.3) is 0 Å². The molecule has 20 heavy (non-hydrogen) atoms. The summed E-state index contributed by atoms with van der Waals surface area (Å²) in [5, 5.41) is 12.4. The Bertz CT molecular complexity index is 694. The van der Waals surface area contributed by atoms with E-state index < -0.39 is 5.97 Å². The maximum Gasteiger partial charge on any atom is 0.358 e. The van der Waals surface area contributed by atoms with Crippen LogP contribution in [0.2, 0.25) is 0 Å². The van der Waals surface area contributed by atoms with E-state index in [-0.39, 0.29) is 5.69 Å². The molecule has 0 unspecified atom stereocenters. The molecule has 0 aliphatic carbocycles. The summed E-state index contributed by atoms with van der Waals surface area (Å²) in [6.07, 6.45) is 0. The number of carbonyl (C=O) groups is 1. The minimum atomic E-state index is -1.13. The lowest BCUT2D eigenvalue weighted by Gasteiger charge is -2.22. The van der Waals surface area contributed by atoms with Crippen molar-refractivity contribution in [3.8, 4) is 22.8 Å². The Morgan fingerprint density at radius 3 is 2.80 bits per heavy atom. The third-order valence-electron chi connectivity index (χ3n) is 3.00. The van der Waals surface area contributed by atoms with E-state index in [0.29, 0.717) is 36.0 Å². The van der Waals surface area contributed by atoms with E-state index in [4.69, 9.17) is 19.1 Å². The molecule has 1 aromatic carbocycles. The normalized spacial score (nSPS) is 13.3. The van der Waals surface area contributed by atoms with Crippen molar-refractivity contribution in [2.24, 2.45) is 0 Å². The first-order chi connectivity index (χ1) is 9.58. The zero-order valence-corrected chi connectivity index (χ0v) is 12.1. The Kier molecular flexibility index (Phi) is 3.13. The highest BCUT2D eigenvalue weighted by Crippen LogP contribution is 2.44. The average Bonchev–Trinajstić information content (AvgIpc) is 2.88. The molecule has 0 amide bonds. The van der Waals surface area contributed by atoms with Gasteiger partial charge in [-0.1, -0.05) is 5.16 Å². The van der Waals surface area contributed by atoms with E-state index in [1.807, 2.05) is 6.92 Å². The van der Waals surface area contributed by atoms with Crippen LogP contribution in [-0.2, 0) is 0 Å². The van der Waals surface area contributed by atoms with Crippen LogP contribution in [0.25, 0.3) is 11.3 Å². The van der Waals surface area contributed by atoms with Gasteiger partial charge in [-0.25, -0.2) is 4.79 Å². The molecule has 104 valence electrons. The van der Waals surface area contributed by atoms with Gasteiger partial charge in [0, 0.05) is 21.7 Å². The van der Waals surface area contributed by atoms with Crippen molar-refractivity contribution in [3.63, 3.8) is 0 Å². The molecule has 0 bridgehead atoms. The predicted octanol–water partition coefficient (Wildman–Crippen LogP) is 2.88. The third kappa shape index (κ3) is 2.03. The molecule has 1 N–H and O–H groups in total. The molecule has 1 aromatic heterocycles. The van der Waals surface area contributed by atoms with Gasteiger partial charge in [-0.3, -0.25) is 0 Å². The van der Waals surface area contributed by atoms with E-state index in [0.717, 1.165) is 10.0 Å². The lowest BCUT2D eigenvalue weighted by Crippen LogP contribution is -2.16. The Balaban J connectivity index is 2.15. The first-order valence-electron chi connectivity index (χ1n) is 5.87. The Labute approximate surface area is 122 Å². The summed E-state index contributed by atoms with van der Waals surface area (Å²) in [6.45, 7) is 2.84. The summed E-state index contributed by atoms with van der Waals surface area (Å²) < 4.78 is 17.0. The summed E-state index contributed by atoms with van der Waals surface area (Å²) >= 11 is 3.44. The molecule has 0 radical (unpaired) electrons. The minimum Gasteiger partial charge on any atom is -0.486 e. The molecule has 2 aromatic rings. The van der Waals surface area contributed by atoms with Gasteiger partial charge < -0.3 is 19.1 Å². The molecule has 3 rings (SSSR count). The van der Waals surface area contributed by atoms with Crippen LogP contribution >= 0.6 is 15.9 Å². The molecular weight excluding hydrogens is 330 g/mol. The fraction of sp³-hybridized carbons (Fsp3) is 0.231. The van der Waals surface area contributed by atoms with Crippen LogP contribution in [0.15, 0.2) is 21.1 Å².